The second-order valence-corrected chi connectivity index (χ2v) is 4.30. The molecular formula is C14H20FNO4. The fourth-order valence-electron chi connectivity index (χ4n) is 1.85. The zero-order valence-corrected chi connectivity index (χ0v) is 11.8. The van der Waals surface area contributed by atoms with Crippen molar-refractivity contribution in [1.82, 2.24) is 0 Å². The normalized spacial score (nSPS) is 10.6. The lowest BCUT2D eigenvalue weighted by atomic mass is 10.1. The summed E-state index contributed by atoms with van der Waals surface area (Å²) in [5.74, 6) is -2.00. The van der Waals surface area contributed by atoms with Gasteiger partial charge in [-0.05, 0) is 24.6 Å². The molecule has 1 N–H and O–H groups in total. The second kappa shape index (κ2) is 8.50. The summed E-state index contributed by atoms with van der Waals surface area (Å²) >= 11 is 0. The third-order valence-corrected chi connectivity index (χ3v) is 2.89. The van der Waals surface area contributed by atoms with Crippen LogP contribution in [0.4, 0.5) is 10.1 Å². The molecule has 0 saturated heterocycles. The van der Waals surface area contributed by atoms with Gasteiger partial charge >= 0.3 is 5.97 Å². The van der Waals surface area contributed by atoms with E-state index in [2.05, 4.69) is 0 Å². The monoisotopic (exact) mass is 285 g/mol. The zero-order chi connectivity index (χ0) is 15.0. The molecule has 0 fully saturated rings. The molecule has 0 spiro atoms. The van der Waals surface area contributed by atoms with E-state index in [-0.39, 0.29) is 5.56 Å². The van der Waals surface area contributed by atoms with Gasteiger partial charge in [-0.15, -0.1) is 0 Å². The van der Waals surface area contributed by atoms with Crippen molar-refractivity contribution in [3.8, 4) is 0 Å². The molecule has 0 saturated carbocycles. The number of carboxylic acids is 1. The maximum Gasteiger partial charge on any atom is 0.338 e. The second-order valence-electron chi connectivity index (χ2n) is 4.30. The van der Waals surface area contributed by atoms with Crippen molar-refractivity contribution in [3.63, 3.8) is 0 Å². The van der Waals surface area contributed by atoms with Crippen LogP contribution in [0.5, 0.6) is 0 Å². The lowest BCUT2D eigenvalue weighted by molar-refractivity contribution is 0.0692. The lowest BCUT2D eigenvalue weighted by Gasteiger charge is -2.24. The first kappa shape index (κ1) is 16.4. The number of anilines is 1. The molecule has 0 radical (unpaired) electrons. The van der Waals surface area contributed by atoms with Gasteiger partial charge in [0.1, 0.15) is 5.82 Å². The van der Waals surface area contributed by atoms with Crippen LogP contribution in [0.1, 0.15) is 16.8 Å². The fraction of sp³-hybridized carbons (Fsp3) is 0.500. The van der Waals surface area contributed by atoms with Crippen LogP contribution < -0.4 is 4.90 Å². The largest absolute Gasteiger partial charge is 0.478 e. The van der Waals surface area contributed by atoms with Crippen molar-refractivity contribution in [2.24, 2.45) is 0 Å². The van der Waals surface area contributed by atoms with E-state index < -0.39 is 11.8 Å². The van der Waals surface area contributed by atoms with E-state index in [1.54, 1.807) is 20.3 Å². The molecule has 6 heteroatoms. The number of carbonyl (C=O) groups is 1. The smallest absolute Gasteiger partial charge is 0.338 e. The third kappa shape index (κ3) is 4.79. The predicted molar refractivity (Wildman–Crippen MR) is 73.9 cm³/mol. The molecule has 0 amide bonds. The molecule has 112 valence electrons. The highest BCUT2D eigenvalue weighted by molar-refractivity contribution is 5.88. The number of rotatable bonds is 9. The number of aromatic carboxylic acids is 1. The quantitative estimate of drug-likeness (QED) is 0.703. The van der Waals surface area contributed by atoms with Crippen molar-refractivity contribution in [2.75, 3.05) is 45.4 Å². The highest BCUT2D eigenvalue weighted by Crippen LogP contribution is 2.19. The number of ether oxygens (including phenoxy) is 2. The number of hydrogen-bond donors (Lipinski definition) is 1. The van der Waals surface area contributed by atoms with Crippen molar-refractivity contribution in [3.05, 3.63) is 29.6 Å². The molecule has 1 aromatic carbocycles. The Morgan fingerprint density at radius 3 is 2.50 bits per heavy atom. The van der Waals surface area contributed by atoms with Gasteiger partial charge in [-0.3, -0.25) is 0 Å². The van der Waals surface area contributed by atoms with Gasteiger partial charge in [0.05, 0.1) is 12.2 Å². The molecule has 0 aromatic heterocycles. The van der Waals surface area contributed by atoms with Crippen LogP contribution in [-0.4, -0.2) is 51.6 Å². The summed E-state index contributed by atoms with van der Waals surface area (Å²) in [7, 11) is 3.22. The first-order valence-electron chi connectivity index (χ1n) is 6.35. The SMILES string of the molecule is COCCCN(CCOC)c1ccc(C(=O)O)c(F)c1. The van der Waals surface area contributed by atoms with E-state index in [4.69, 9.17) is 14.6 Å². The summed E-state index contributed by atoms with van der Waals surface area (Å²) in [6, 6.07) is 4.13. The molecule has 0 bridgehead atoms. The third-order valence-electron chi connectivity index (χ3n) is 2.89. The van der Waals surface area contributed by atoms with Gasteiger partial charge in [0, 0.05) is 39.6 Å². The summed E-state index contributed by atoms with van der Waals surface area (Å²) in [5.41, 5.74) is 0.318. The molecule has 0 aliphatic rings. The van der Waals surface area contributed by atoms with Gasteiger partial charge in [0.15, 0.2) is 0 Å². The molecule has 0 unspecified atom stereocenters. The van der Waals surface area contributed by atoms with E-state index in [9.17, 15) is 9.18 Å². The number of hydrogen-bond acceptors (Lipinski definition) is 4. The summed E-state index contributed by atoms with van der Waals surface area (Å²) in [6.07, 6.45) is 0.794. The molecule has 1 aromatic rings. The number of halogens is 1. The van der Waals surface area contributed by atoms with Gasteiger partial charge < -0.3 is 19.5 Å². The Balaban J connectivity index is 2.83. The minimum Gasteiger partial charge on any atom is -0.478 e. The molecule has 0 aliphatic heterocycles. The average molecular weight is 285 g/mol. The topological polar surface area (TPSA) is 59.0 Å². The van der Waals surface area contributed by atoms with Gasteiger partial charge in [-0.1, -0.05) is 0 Å². The Morgan fingerprint density at radius 1 is 1.25 bits per heavy atom. The molecular weight excluding hydrogens is 265 g/mol. The molecule has 0 aliphatic carbocycles. The summed E-state index contributed by atoms with van der Waals surface area (Å²) < 4.78 is 23.7. The average Bonchev–Trinajstić information content (AvgIpc) is 2.42. The van der Waals surface area contributed by atoms with E-state index in [0.717, 1.165) is 6.42 Å². The number of carboxylic acid groups (broad SMARTS) is 1. The van der Waals surface area contributed by atoms with Gasteiger partial charge in [-0.25, -0.2) is 9.18 Å². The minimum absolute atomic E-state index is 0.322. The Morgan fingerprint density at radius 2 is 1.95 bits per heavy atom. The van der Waals surface area contributed by atoms with Crippen molar-refractivity contribution in [2.45, 2.75) is 6.42 Å². The van der Waals surface area contributed by atoms with Crippen molar-refractivity contribution >= 4 is 11.7 Å². The maximum absolute atomic E-state index is 13.7. The highest BCUT2D eigenvalue weighted by atomic mass is 19.1. The number of methoxy groups -OCH3 is 2. The zero-order valence-electron chi connectivity index (χ0n) is 11.8. The Labute approximate surface area is 117 Å². The summed E-state index contributed by atoms with van der Waals surface area (Å²) in [4.78, 5) is 12.7. The molecule has 5 nitrogen and oxygen atoms in total. The van der Waals surface area contributed by atoms with Crippen LogP contribution in [0.3, 0.4) is 0 Å². The molecule has 0 heterocycles. The number of benzene rings is 1. The van der Waals surface area contributed by atoms with Crippen LogP contribution in [0.25, 0.3) is 0 Å². The van der Waals surface area contributed by atoms with Crippen LogP contribution in [0, 0.1) is 5.82 Å². The molecule has 20 heavy (non-hydrogen) atoms. The van der Waals surface area contributed by atoms with Crippen molar-refractivity contribution < 1.29 is 23.8 Å². The standard InChI is InChI=1S/C14H20FNO4/c1-19-8-3-6-16(7-9-20-2)11-4-5-12(14(17)18)13(15)10-11/h4-5,10H,3,6-9H2,1-2H3,(H,17,18). The lowest BCUT2D eigenvalue weighted by Crippen LogP contribution is -2.29. The highest BCUT2D eigenvalue weighted by Gasteiger charge is 2.13. The van der Waals surface area contributed by atoms with Crippen LogP contribution in [0.15, 0.2) is 18.2 Å². The van der Waals surface area contributed by atoms with Crippen LogP contribution >= 0.6 is 0 Å². The summed E-state index contributed by atoms with van der Waals surface area (Å²) in [6.45, 7) is 2.41. The van der Waals surface area contributed by atoms with E-state index in [1.807, 2.05) is 4.90 Å². The summed E-state index contributed by atoms with van der Waals surface area (Å²) in [5, 5.41) is 8.82. The first-order valence-corrected chi connectivity index (χ1v) is 6.35. The van der Waals surface area contributed by atoms with E-state index >= 15 is 0 Å². The van der Waals surface area contributed by atoms with Crippen LogP contribution in [-0.2, 0) is 9.47 Å². The Bertz CT molecular complexity index is 439. The molecule has 0 atom stereocenters. The Hall–Kier alpha value is -1.66. The van der Waals surface area contributed by atoms with Crippen LogP contribution in [0.2, 0.25) is 0 Å². The predicted octanol–water partition coefficient (Wildman–Crippen LogP) is 2.01. The van der Waals surface area contributed by atoms with Crippen molar-refractivity contribution in [1.29, 1.82) is 0 Å². The van der Waals surface area contributed by atoms with E-state index in [1.165, 1.54) is 12.1 Å². The van der Waals surface area contributed by atoms with E-state index in [0.29, 0.717) is 32.0 Å². The van der Waals surface area contributed by atoms with Gasteiger partial charge in [0.25, 0.3) is 0 Å². The number of nitrogens with zero attached hydrogens (tertiary/aromatic N) is 1. The first-order chi connectivity index (χ1) is 9.60. The minimum atomic E-state index is -1.27. The van der Waals surface area contributed by atoms with Gasteiger partial charge in [-0.2, -0.15) is 0 Å². The fourth-order valence-corrected chi connectivity index (χ4v) is 1.85. The van der Waals surface area contributed by atoms with Gasteiger partial charge in [0.2, 0.25) is 0 Å². The molecule has 1 rings (SSSR count). The Kier molecular flexibility index (Phi) is 6.97. The maximum atomic E-state index is 13.7.